The van der Waals surface area contributed by atoms with E-state index in [1.165, 1.54) is 98.0 Å². The first-order valence-corrected chi connectivity index (χ1v) is 19.9. The minimum atomic E-state index is -0.0801. The average Bonchev–Trinajstić information content (AvgIpc) is 3.82. The number of benzene rings is 7. The van der Waals surface area contributed by atoms with E-state index in [4.69, 9.17) is 0 Å². The maximum Gasteiger partial charge on any atom is 0.0543 e. The fourth-order valence-corrected chi connectivity index (χ4v) is 12.7. The zero-order valence-corrected chi connectivity index (χ0v) is 30.5. The molecule has 6 aliphatic carbocycles. The van der Waals surface area contributed by atoms with E-state index in [0.29, 0.717) is 0 Å². The van der Waals surface area contributed by atoms with Gasteiger partial charge in [-0.1, -0.05) is 135 Å². The lowest BCUT2D eigenvalue weighted by Crippen LogP contribution is -2.40. The molecule has 13 rings (SSSR count). The summed E-state index contributed by atoms with van der Waals surface area (Å²) in [5.74, 6) is 3.32. The predicted octanol–water partition coefficient (Wildman–Crippen LogP) is 13.6. The summed E-state index contributed by atoms with van der Waals surface area (Å²) in [6.07, 6.45) is 5.64. The van der Waals surface area contributed by atoms with Crippen molar-refractivity contribution in [2.45, 2.75) is 50.4 Å². The zero-order valence-electron chi connectivity index (χ0n) is 30.5. The van der Waals surface area contributed by atoms with Crippen LogP contribution in [0, 0.1) is 23.7 Å². The van der Waals surface area contributed by atoms with Gasteiger partial charge >= 0.3 is 0 Å². The number of hydrogen-bond donors (Lipinski definition) is 0. The first-order chi connectivity index (χ1) is 26.0. The van der Waals surface area contributed by atoms with Crippen molar-refractivity contribution >= 4 is 27.8 Å². The predicted molar refractivity (Wildman–Crippen MR) is 220 cm³/mol. The fraction of sp³-hybridized carbons (Fsp3) is 0.231. The lowest BCUT2D eigenvalue weighted by Gasteiger charge is -2.44. The minimum Gasteiger partial charge on any atom is -0.310 e. The molecule has 7 aromatic carbocycles. The summed E-state index contributed by atoms with van der Waals surface area (Å²) >= 11 is 0. The molecule has 256 valence electrons. The summed E-state index contributed by atoms with van der Waals surface area (Å²) < 4.78 is 0. The highest BCUT2D eigenvalue weighted by Crippen LogP contribution is 2.73. The Morgan fingerprint density at radius 2 is 1.19 bits per heavy atom. The van der Waals surface area contributed by atoms with Gasteiger partial charge in [-0.05, 0) is 141 Å². The van der Waals surface area contributed by atoms with Crippen LogP contribution in [0.2, 0.25) is 0 Å². The fourth-order valence-electron chi connectivity index (χ4n) is 12.7. The average molecular weight is 682 g/mol. The molecule has 7 aromatic rings. The molecule has 1 heteroatoms. The second-order valence-corrected chi connectivity index (χ2v) is 17.3. The van der Waals surface area contributed by atoms with E-state index < -0.39 is 0 Å². The number of hydrogen-bond acceptors (Lipinski definition) is 1. The maximum atomic E-state index is 2.59. The summed E-state index contributed by atoms with van der Waals surface area (Å²) in [4.78, 5) is 2.59. The van der Waals surface area contributed by atoms with Gasteiger partial charge in [0.25, 0.3) is 0 Å². The SMILES string of the molecule is CC1(C)c2ccccc2-c2ccc(N(c3ccc(-c4cccc5ccccc45)cc3)c3cccc4c3-c3ccccc3C43C4CC5CC(C4)C3C5)cc21. The Morgan fingerprint density at radius 1 is 0.509 bits per heavy atom. The molecular formula is C52H43N. The third-order valence-electron chi connectivity index (χ3n) is 14.6. The van der Waals surface area contributed by atoms with Gasteiger partial charge in [0.15, 0.2) is 0 Å². The van der Waals surface area contributed by atoms with E-state index in [0.717, 1.165) is 23.7 Å². The molecule has 1 nitrogen and oxygen atoms in total. The number of rotatable bonds is 4. The van der Waals surface area contributed by atoms with Gasteiger partial charge in [0.2, 0.25) is 0 Å². The largest absolute Gasteiger partial charge is 0.310 e. The normalized spacial score (nSPS) is 24.7. The topological polar surface area (TPSA) is 3.24 Å². The van der Waals surface area contributed by atoms with Gasteiger partial charge in [0.1, 0.15) is 0 Å². The Hall–Kier alpha value is -5.40. The first-order valence-electron chi connectivity index (χ1n) is 19.9. The lowest BCUT2D eigenvalue weighted by molar-refractivity contribution is 0.191. The van der Waals surface area contributed by atoms with Crippen LogP contribution in [0.15, 0.2) is 152 Å². The summed E-state index contributed by atoms with van der Waals surface area (Å²) in [7, 11) is 0. The minimum absolute atomic E-state index is 0.0801. The molecule has 4 bridgehead atoms. The van der Waals surface area contributed by atoms with E-state index in [1.54, 1.807) is 11.1 Å². The Bertz CT molecular complexity index is 2640. The van der Waals surface area contributed by atoms with Crippen molar-refractivity contribution in [3.8, 4) is 33.4 Å². The molecular weight excluding hydrogens is 639 g/mol. The van der Waals surface area contributed by atoms with Crippen LogP contribution in [0.3, 0.4) is 0 Å². The Morgan fingerprint density at radius 3 is 2.06 bits per heavy atom. The number of anilines is 3. The number of fused-ring (bicyclic) bond motifs is 7. The van der Waals surface area contributed by atoms with Gasteiger partial charge in [0.05, 0.1) is 5.69 Å². The molecule has 53 heavy (non-hydrogen) atoms. The molecule has 1 spiro atoms. The maximum absolute atomic E-state index is 2.59. The van der Waals surface area contributed by atoms with Crippen LogP contribution in [0.4, 0.5) is 17.1 Å². The van der Waals surface area contributed by atoms with E-state index in [1.807, 2.05) is 0 Å². The van der Waals surface area contributed by atoms with Crippen LogP contribution in [-0.4, -0.2) is 0 Å². The van der Waals surface area contributed by atoms with Gasteiger partial charge in [-0.2, -0.15) is 0 Å². The van der Waals surface area contributed by atoms with Crippen molar-refractivity contribution in [1.82, 2.24) is 0 Å². The Labute approximate surface area is 313 Å². The highest BCUT2D eigenvalue weighted by Gasteiger charge is 2.66. The van der Waals surface area contributed by atoms with Crippen molar-refractivity contribution in [2.24, 2.45) is 23.7 Å². The summed E-state index contributed by atoms with van der Waals surface area (Å²) in [6, 6.07) is 57.9. The van der Waals surface area contributed by atoms with Crippen molar-refractivity contribution in [2.75, 3.05) is 4.90 Å². The van der Waals surface area contributed by atoms with Crippen molar-refractivity contribution in [3.63, 3.8) is 0 Å². The molecule has 0 N–H and O–H groups in total. The van der Waals surface area contributed by atoms with Gasteiger partial charge in [0, 0.05) is 27.8 Å². The van der Waals surface area contributed by atoms with Gasteiger partial charge in [-0.3, -0.25) is 0 Å². The molecule has 6 aliphatic rings. The van der Waals surface area contributed by atoms with E-state index >= 15 is 0 Å². The Balaban J connectivity index is 1.08. The standard InChI is InChI=1S/C52H43N/c1-51(2)44-17-7-5-14-41(44)42-26-25-38(31-48(42)51)53(37-23-21-34(22-24-37)40-16-9-12-33-11-3-4-13-39(33)40)49-20-10-19-46-50(49)43-15-6-8-18-45(43)52(46)36-28-32-27-35(30-36)47(52)29-32/h3-26,31-32,35-36,47H,27-30H2,1-2H3. The highest BCUT2D eigenvalue weighted by molar-refractivity contribution is 5.99. The summed E-state index contributed by atoms with van der Waals surface area (Å²) in [5, 5.41) is 2.57. The smallest absolute Gasteiger partial charge is 0.0543 e. The molecule has 0 aliphatic heterocycles. The summed E-state index contributed by atoms with van der Waals surface area (Å²) in [6.45, 7) is 4.80. The molecule has 0 saturated heterocycles. The molecule has 0 heterocycles. The lowest BCUT2D eigenvalue weighted by atomic mass is 9.59. The molecule has 5 atom stereocenters. The van der Waals surface area contributed by atoms with Crippen LogP contribution in [0.1, 0.15) is 61.8 Å². The second kappa shape index (κ2) is 10.6. The molecule has 4 fully saturated rings. The van der Waals surface area contributed by atoms with Crippen molar-refractivity contribution in [1.29, 1.82) is 0 Å². The quantitative estimate of drug-likeness (QED) is 0.179. The van der Waals surface area contributed by atoms with Crippen molar-refractivity contribution < 1.29 is 0 Å². The zero-order chi connectivity index (χ0) is 35.1. The van der Waals surface area contributed by atoms with Crippen molar-refractivity contribution in [3.05, 3.63) is 174 Å². The molecule has 5 unspecified atom stereocenters. The molecule has 0 aromatic heterocycles. The highest BCUT2D eigenvalue weighted by atomic mass is 15.1. The van der Waals surface area contributed by atoms with Crippen LogP contribution in [-0.2, 0) is 10.8 Å². The monoisotopic (exact) mass is 681 g/mol. The van der Waals surface area contributed by atoms with Crippen LogP contribution in [0.5, 0.6) is 0 Å². The first kappa shape index (κ1) is 30.1. The van der Waals surface area contributed by atoms with Crippen LogP contribution in [0.25, 0.3) is 44.2 Å². The number of nitrogens with zero attached hydrogens (tertiary/aromatic N) is 1. The molecule has 0 amide bonds. The van der Waals surface area contributed by atoms with Gasteiger partial charge < -0.3 is 4.90 Å². The third kappa shape index (κ3) is 3.88. The van der Waals surface area contributed by atoms with Gasteiger partial charge in [-0.25, -0.2) is 0 Å². The van der Waals surface area contributed by atoms with E-state index in [-0.39, 0.29) is 10.8 Å². The van der Waals surface area contributed by atoms with Crippen LogP contribution >= 0.6 is 0 Å². The van der Waals surface area contributed by atoms with Crippen LogP contribution < -0.4 is 4.90 Å². The molecule has 0 radical (unpaired) electrons. The van der Waals surface area contributed by atoms with E-state index in [9.17, 15) is 0 Å². The van der Waals surface area contributed by atoms with E-state index in [2.05, 4.69) is 170 Å². The Kier molecular flexibility index (Phi) is 6.02. The third-order valence-corrected chi connectivity index (χ3v) is 14.6. The molecule has 4 saturated carbocycles. The second-order valence-electron chi connectivity index (χ2n) is 17.3. The van der Waals surface area contributed by atoms with Gasteiger partial charge in [-0.15, -0.1) is 0 Å². The summed E-state index contributed by atoms with van der Waals surface area (Å²) in [5.41, 5.74) is 18.0.